The lowest BCUT2D eigenvalue weighted by Crippen LogP contribution is -2.32. The fourth-order valence-corrected chi connectivity index (χ4v) is 5.30. The molecule has 1 aromatic carbocycles. The van der Waals surface area contributed by atoms with Crippen molar-refractivity contribution < 1.29 is 0 Å². The van der Waals surface area contributed by atoms with Gasteiger partial charge in [0.25, 0.3) is 0 Å². The van der Waals surface area contributed by atoms with Gasteiger partial charge in [0.2, 0.25) is 0 Å². The normalized spacial score (nSPS) is 21.0. The zero-order chi connectivity index (χ0) is 16.7. The molecule has 1 fully saturated rings. The average molecular weight is 471 g/mol. The van der Waals surface area contributed by atoms with Gasteiger partial charge in [0.05, 0.1) is 10.7 Å². The number of halogens is 3. The summed E-state index contributed by atoms with van der Waals surface area (Å²) in [6, 6.07) is 6.51. The highest BCUT2D eigenvalue weighted by Crippen LogP contribution is 2.44. The van der Waals surface area contributed by atoms with Crippen molar-refractivity contribution in [1.82, 2.24) is 10.3 Å². The van der Waals surface area contributed by atoms with Crippen LogP contribution in [0.3, 0.4) is 0 Å². The summed E-state index contributed by atoms with van der Waals surface area (Å²) in [5, 5.41) is 4.29. The molecule has 1 saturated heterocycles. The van der Waals surface area contributed by atoms with Gasteiger partial charge >= 0.3 is 0 Å². The van der Waals surface area contributed by atoms with Crippen molar-refractivity contribution in [2.24, 2.45) is 5.92 Å². The molecule has 4 rings (SSSR count). The number of hydrogen-bond acceptors (Lipinski definition) is 2. The molecule has 0 spiro atoms. The Kier molecular flexibility index (Phi) is 5.01. The summed E-state index contributed by atoms with van der Waals surface area (Å²) in [6.45, 7) is 2.19. The Morgan fingerprint density at radius 2 is 1.92 bits per heavy atom. The van der Waals surface area contributed by atoms with Crippen molar-refractivity contribution in [3.05, 3.63) is 60.7 Å². The fourth-order valence-electron chi connectivity index (χ4n) is 4.19. The number of pyridine rings is 1. The topological polar surface area (TPSA) is 24.9 Å². The monoisotopic (exact) mass is 468 g/mol. The molecular weight excluding hydrogens is 451 g/mol. The van der Waals surface area contributed by atoms with E-state index in [2.05, 4.69) is 49.3 Å². The molecule has 126 valence electrons. The molecule has 2 heterocycles. The smallest absolute Gasteiger partial charge is 0.0551 e. The second-order valence-electron chi connectivity index (χ2n) is 6.69. The van der Waals surface area contributed by atoms with E-state index >= 15 is 0 Å². The van der Waals surface area contributed by atoms with Crippen LogP contribution >= 0.6 is 43.5 Å². The number of hydrogen-bond donors (Lipinski definition) is 1. The minimum atomic E-state index is 0.362. The molecule has 1 aliphatic carbocycles. The molecule has 0 unspecified atom stereocenters. The first-order valence-corrected chi connectivity index (χ1v) is 10.4. The summed E-state index contributed by atoms with van der Waals surface area (Å²) >= 11 is 13.7. The zero-order valence-corrected chi connectivity index (χ0v) is 17.2. The molecule has 2 aliphatic rings. The van der Waals surface area contributed by atoms with Gasteiger partial charge in [-0.3, -0.25) is 4.98 Å². The summed E-state index contributed by atoms with van der Waals surface area (Å²) in [6.07, 6.45) is 6.35. The Balaban J connectivity index is 1.90. The minimum Gasteiger partial charge on any atom is -0.317 e. The van der Waals surface area contributed by atoms with E-state index < -0.39 is 0 Å². The molecule has 24 heavy (non-hydrogen) atoms. The standard InChI is InChI=1S/C19H19Br2ClN2/c20-13-9-12-1-2-15-14(3-4-16(22)18(15)21)17(19(12)24-10-13)11-5-7-23-8-6-11/h3-4,9-11,17,23H,1-2,5-8H2/t17-/m1/s1. The molecule has 1 aliphatic heterocycles. The van der Waals surface area contributed by atoms with Crippen LogP contribution in [0.4, 0.5) is 0 Å². The van der Waals surface area contributed by atoms with Gasteiger partial charge in [-0.1, -0.05) is 17.7 Å². The Labute approximate surface area is 164 Å². The van der Waals surface area contributed by atoms with E-state index in [4.69, 9.17) is 16.6 Å². The zero-order valence-electron chi connectivity index (χ0n) is 13.3. The van der Waals surface area contributed by atoms with E-state index in [1.807, 2.05) is 12.3 Å². The van der Waals surface area contributed by atoms with Crippen LogP contribution in [0, 0.1) is 5.92 Å². The summed E-state index contributed by atoms with van der Waals surface area (Å²) in [4.78, 5) is 4.87. The van der Waals surface area contributed by atoms with E-state index in [-0.39, 0.29) is 0 Å². The number of nitrogens with zero attached hydrogens (tertiary/aromatic N) is 1. The Hall–Kier alpha value is -0.420. The number of aryl methyl sites for hydroxylation is 1. The van der Waals surface area contributed by atoms with Crippen molar-refractivity contribution in [1.29, 1.82) is 0 Å². The van der Waals surface area contributed by atoms with Crippen LogP contribution in [0.25, 0.3) is 0 Å². The quantitative estimate of drug-likeness (QED) is 0.596. The van der Waals surface area contributed by atoms with Gasteiger partial charge in [-0.2, -0.15) is 0 Å². The summed E-state index contributed by atoms with van der Waals surface area (Å²) in [5.74, 6) is 0.991. The van der Waals surface area contributed by atoms with Gasteiger partial charge in [0.1, 0.15) is 0 Å². The first-order valence-electron chi connectivity index (χ1n) is 8.47. The Morgan fingerprint density at radius 1 is 1.12 bits per heavy atom. The number of nitrogens with one attached hydrogen (secondary N) is 1. The van der Waals surface area contributed by atoms with E-state index in [1.165, 1.54) is 35.2 Å². The van der Waals surface area contributed by atoms with Gasteiger partial charge < -0.3 is 5.32 Å². The molecule has 0 bridgehead atoms. The highest BCUT2D eigenvalue weighted by atomic mass is 79.9. The van der Waals surface area contributed by atoms with Gasteiger partial charge in [-0.05, 0) is 105 Å². The predicted molar refractivity (Wildman–Crippen MR) is 106 cm³/mol. The molecular formula is C19H19Br2ClN2. The average Bonchev–Trinajstić information content (AvgIpc) is 2.76. The van der Waals surface area contributed by atoms with Crippen LogP contribution in [0.5, 0.6) is 0 Å². The Morgan fingerprint density at radius 3 is 2.71 bits per heavy atom. The maximum Gasteiger partial charge on any atom is 0.0551 e. The largest absolute Gasteiger partial charge is 0.317 e. The van der Waals surface area contributed by atoms with Crippen LogP contribution < -0.4 is 5.32 Å². The first-order chi connectivity index (χ1) is 11.6. The SMILES string of the molecule is Clc1ccc2c(c1Br)CCc1cc(Br)cnc1[C@@H]2C1CCNCC1. The molecule has 0 amide bonds. The van der Waals surface area contributed by atoms with E-state index in [9.17, 15) is 0 Å². The molecule has 5 heteroatoms. The van der Waals surface area contributed by atoms with Crippen molar-refractivity contribution in [3.8, 4) is 0 Å². The number of fused-ring (bicyclic) bond motifs is 2. The molecule has 1 atom stereocenters. The molecule has 1 aromatic heterocycles. The maximum atomic E-state index is 6.39. The second-order valence-corrected chi connectivity index (χ2v) is 8.81. The lowest BCUT2D eigenvalue weighted by atomic mass is 9.77. The molecule has 2 nitrogen and oxygen atoms in total. The molecule has 0 radical (unpaired) electrons. The highest BCUT2D eigenvalue weighted by molar-refractivity contribution is 9.10. The van der Waals surface area contributed by atoms with Gasteiger partial charge in [-0.25, -0.2) is 0 Å². The van der Waals surface area contributed by atoms with Crippen LogP contribution in [-0.4, -0.2) is 18.1 Å². The van der Waals surface area contributed by atoms with E-state index in [0.717, 1.165) is 39.9 Å². The van der Waals surface area contributed by atoms with Crippen LogP contribution in [0.15, 0.2) is 33.3 Å². The lowest BCUT2D eigenvalue weighted by molar-refractivity contribution is 0.338. The molecule has 1 N–H and O–H groups in total. The van der Waals surface area contributed by atoms with Crippen molar-refractivity contribution in [3.63, 3.8) is 0 Å². The second kappa shape index (κ2) is 7.06. The number of rotatable bonds is 1. The number of piperidine rings is 1. The van der Waals surface area contributed by atoms with E-state index in [1.54, 1.807) is 0 Å². The van der Waals surface area contributed by atoms with Gasteiger partial charge in [0, 0.05) is 21.1 Å². The highest BCUT2D eigenvalue weighted by Gasteiger charge is 2.33. The van der Waals surface area contributed by atoms with Crippen LogP contribution in [0.1, 0.15) is 41.1 Å². The van der Waals surface area contributed by atoms with E-state index in [0.29, 0.717) is 11.8 Å². The van der Waals surface area contributed by atoms with Gasteiger partial charge in [-0.15, -0.1) is 0 Å². The minimum absolute atomic E-state index is 0.362. The third-order valence-electron chi connectivity index (χ3n) is 5.33. The number of aromatic nitrogens is 1. The van der Waals surface area contributed by atoms with Crippen LogP contribution in [-0.2, 0) is 12.8 Å². The van der Waals surface area contributed by atoms with Crippen molar-refractivity contribution in [2.75, 3.05) is 13.1 Å². The summed E-state index contributed by atoms with van der Waals surface area (Å²) < 4.78 is 2.13. The predicted octanol–water partition coefficient (Wildman–Crippen LogP) is 5.49. The number of benzene rings is 1. The molecule has 2 aromatic rings. The van der Waals surface area contributed by atoms with Crippen LogP contribution in [0.2, 0.25) is 5.02 Å². The van der Waals surface area contributed by atoms with Crippen molar-refractivity contribution >= 4 is 43.5 Å². The summed E-state index contributed by atoms with van der Waals surface area (Å²) in [5.41, 5.74) is 5.40. The van der Waals surface area contributed by atoms with Gasteiger partial charge in [0.15, 0.2) is 0 Å². The molecule has 0 saturated carbocycles. The van der Waals surface area contributed by atoms with Crippen molar-refractivity contribution in [2.45, 2.75) is 31.6 Å². The first kappa shape index (κ1) is 17.0. The maximum absolute atomic E-state index is 6.39. The lowest BCUT2D eigenvalue weighted by Gasteiger charge is -2.32. The third-order valence-corrected chi connectivity index (χ3v) is 7.21. The Bertz CT molecular complexity index is 772. The fraction of sp³-hybridized carbons (Fsp3) is 0.421. The summed E-state index contributed by atoms with van der Waals surface area (Å²) in [7, 11) is 0. The third kappa shape index (κ3) is 3.07.